The normalized spacial score (nSPS) is 11.0. The Bertz CT molecular complexity index is 952. The summed E-state index contributed by atoms with van der Waals surface area (Å²) in [6, 6.07) is 25.4. The molecule has 2 heteroatoms. The molecule has 1 N–H and O–H groups in total. The highest BCUT2D eigenvalue weighted by Gasteiger charge is 2.10. The molecule has 23 heavy (non-hydrogen) atoms. The van der Waals surface area contributed by atoms with E-state index in [1.54, 1.807) is 0 Å². The van der Waals surface area contributed by atoms with Gasteiger partial charge in [0.25, 0.3) is 0 Å². The molecule has 112 valence electrons. The van der Waals surface area contributed by atoms with Crippen LogP contribution in [0.4, 0.5) is 0 Å². The summed E-state index contributed by atoms with van der Waals surface area (Å²) in [4.78, 5) is 8.26. The van der Waals surface area contributed by atoms with Gasteiger partial charge in [-0.1, -0.05) is 66.7 Å². The summed E-state index contributed by atoms with van der Waals surface area (Å²) in [6.45, 7) is 2.09. The third-order valence-electron chi connectivity index (χ3n) is 4.17. The van der Waals surface area contributed by atoms with Crippen LogP contribution in [0.5, 0.6) is 0 Å². The number of nitrogens with one attached hydrogen (secondary N) is 1. The maximum absolute atomic E-state index is 4.83. The number of aromatic amines is 1. The van der Waals surface area contributed by atoms with E-state index >= 15 is 0 Å². The average Bonchev–Trinajstić information content (AvgIpc) is 2.95. The minimum atomic E-state index is 0.829. The van der Waals surface area contributed by atoms with Crippen molar-refractivity contribution < 1.29 is 0 Å². The minimum Gasteiger partial charge on any atom is -0.345 e. The quantitative estimate of drug-likeness (QED) is 0.558. The lowest BCUT2D eigenvalue weighted by Crippen LogP contribution is -1.90. The fourth-order valence-corrected chi connectivity index (χ4v) is 3.01. The SMILES string of the molecule is Cc1[nH]c(Cc2ccccc2)nc1-c1ccc2ccccc2c1. The molecule has 3 aromatic carbocycles. The number of rotatable bonds is 3. The van der Waals surface area contributed by atoms with Crippen molar-refractivity contribution in [2.24, 2.45) is 0 Å². The van der Waals surface area contributed by atoms with E-state index in [4.69, 9.17) is 4.98 Å². The molecule has 0 saturated carbocycles. The number of fused-ring (bicyclic) bond motifs is 1. The molecule has 0 radical (unpaired) electrons. The highest BCUT2D eigenvalue weighted by atomic mass is 14.9. The fourth-order valence-electron chi connectivity index (χ4n) is 3.01. The van der Waals surface area contributed by atoms with Gasteiger partial charge in [0.2, 0.25) is 0 Å². The Labute approximate surface area is 135 Å². The second kappa shape index (κ2) is 5.73. The van der Waals surface area contributed by atoms with E-state index in [0.717, 1.165) is 29.2 Å². The van der Waals surface area contributed by atoms with Crippen LogP contribution in [-0.4, -0.2) is 9.97 Å². The molecule has 0 aliphatic rings. The molecule has 4 aromatic rings. The summed E-state index contributed by atoms with van der Waals surface area (Å²) in [5.41, 5.74) is 4.59. The summed E-state index contributed by atoms with van der Waals surface area (Å²) in [6.07, 6.45) is 0.829. The van der Waals surface area contributed by atoms with Gasteiger partial charge in [-0.3, -0.25) is 0 Å². The summed E-state index contributed by atoms with van der Waals surface area (Å²) < 4.78 is 0. The number of nitrogens with zero attached hydrogens (tertiary/aromatic N) is 1. The standard InChI is InChI=1S/C21H18N2/c1-15-21(19-12-11-17-9-5-6-10-18(17)14-19)23-20(22-15)13-16-7-3-2-4-8-16/h2-12,14H,13H2,1H3,(H,22,23). The van der Waals surface area contributed by atoms with Crippen LogP contribution in [0, 0.1) is 6.92 Å². The van der Waals surface area contributed by atoms with E-state index in [2.05, 4.69) is 78.6 Å². The number of H-pyrrole nitrogens is 1. The molecule has 0 bridgehead atoms. The maximum atomic E-state index is 4.83. The number of hydrogen-bond donors (Lipinski definition) is 1. The monoisotopic (exact) mass is 298 g/mol. The Morgan fingerprint density at radius 2 is 1.57 bits per heavy atom. The Hall–Kier alpha value is -2.87. The van der Waals surface area contributed by atoms with E-state index in [9.17, 15) is 0 Å². The van der Waals surface area contributed by atoms with Gasteiger partial charge in [0, 0.05) is 17.7 Å². The van der Waals surface area contributed by atoms with Crippen LogP contribution in [-0.2, 0) is 6.42 Å². The number of benzene rings is 3. The molecule has 0 amide bonds. The van der Waals surface area contributed by atoms with Gasteiger partial charge in [0.15, 0.2) is 0 Å². The van der Waals surface area contributed by atoms with Gasteiger partial charge in [-0.25, -0.2) is 4.98 Å². The molecule has 4 rings (SSSR count). The van der Waals surface area contributed by atoms with E-state index in [1.807, 2.05) is 6.07 Å². The minimum absolute atomic E-state index is 0.829. The summed E-state index contributed by atoms with van der Waals surface area (Å²) in [5, 5.41) is 2.51. The van der Waals surface area contributed by atoms with Crippen LogP contribution in [0.15, 0.2) is 72.8 Å². The largest absolute Gasteiger partial charge is 0.345 e. The lowest BCUT2D eigenvalue weighted by Gasteiger charge is -2.02. The van der Waals surface area contributed by atoms with E-state index < -0.39 is 0 Å². The first-order chi connectivity index (χ1) is 11.3. The zero-order valence-corrected chi connectivity index (χ0v) is 13.1. The van der Waals surface area contributed by atoms with Gasteiger partial charge in [0.05, 0.1) is 5.69 Å². The Morgan fingerprint density at radius 1 is 0.826 bits per heavy atom. The highest BCUT2D eigenvalue weighted by Crippen LogP contribution is 2.26. The number of aromatic nitrogens is 2. The van der Waals surface area contributed by atoms with Crippen LogP contribution in [0.3, 0.4) is 0 Å². The van der Waals surface area contributed by atoms with Crippen LogP contribution in [0.25, 0.3) is 22.0 Å². The average molecular weight is 298 g/mol. The lowest BCUT2D eigenvalue weighted by atomic mass is 10.0. The molecule has 0 spiro atoms. The third-order valence-corrected chi connectivity index (χ3v) is 4.17. The first kappa shape index (κ1) is 13.8. The van der Waals surface area contributed by atoms with Crippen molar-refractivity contribution in [2.45, 2.75) is 13.3 Å². The Kier molecular flexibility index (Phi) is 3.43. The maximum Gasteiger partial charge on any atom is 0.111 e. The molecular weight excluding hydrogens is 280 g/mol. The highest BCUT2D eigenvalue weighted by molar-refractivity contribution is 5.87. The Balaban J connectivity index is 1.70. The third kappa shape index (κ3) is 2.76. The van der Waals surface area contributed by atoms with Crippen molar-refractivity contribution in [1.82, 2.24) is 9.97 Å². The van der Waals surface area contributed by atoms with Crippen LogP contribution < -0.4 is 0 Å². The summed E-state index contributed by atoms with van der Waals surface area (Å²) in [7, 11) is 0. The molecule has 0 aliphatic carbocycles. The summed E-state index contributed by atoms with van der Waals surface area (Å²) >= 11 is 0. The lowest BCUT2D eigenvalue weighted by molar-refractivity contribution is 1.02. The molecule has 1 aromatic heterocycles. The fraction of sp³-hybridized carbons (Fsp3) is 0.0952. The first-order valence-corrected chi connectivity index (χ1v) is 7.88. The number of imidazole rings is 1. The Morgan fingerprint density at radius 3 is 2.39 bits per heavy atom. The molecule has 0 atom stereocenters. The molecule has 0 fully saturated rings. The van der Waals surface area contributed by atoms with E-state index in [1.165, 1.54) is 16.3 Å². The van der Waals surface area contributed by atoms with Crippen LogP contribution in [0.2, 0.25) is 0 Å². The van der Waals surface area contributed by atoms with Gasteiger partial charge < -0.3 is 4.98 Å². The van der Waals surface area contributed by atoms with Gasteiger partial charge in [0.1, 0.15) is 5.82 Å². The molecule has 0 unspecified atom stereocenters. The van der Waals surface area contributed by atoms with Crippen molar-refractivity contribution in [2.75, 3.05) is 0 Å². The molecular formula is C21H18N2. The predicted molar refractivity (Wildman–Crippen MR) is 95.5 cm³/mol. The van der Waals surface area contributed by atoms with E-state index in [0.29, 0.717) is 0 Å². The molecule has 1 heterocycles. The van der Waals surface area contributed by atoms with Crippen LogP contribution >= 0.6 is 0 Å². The van der Waals surface area contributed by atoms with Crippen molar-refractivity contribution in [1.29, 1.82) is 0 Å². The summed E-state index contributed by atoms with van der Waals surface area (Å²) in [5.74, 6) is 1.01. The predicted octanol–water partition coefficient (Wildman–Crippen LogP) is 5.13. The number of aryl methyl sites for hydroxylation is 1. The second-order valence-electron chi connectivity index (χ2n) is 5.88. The van der Waals surface area contributed by atoms with Gasteiger partial charge in [-0.15, -0.1) is 0 Å². The zero-order chi connectivity index (χ0) is 15.6. The van der Waals surface area contributed by atoms with Crippen LogP contribution in [0.1, 0.15) is 17.1 Å². The topological polar surface area (TPSA) is 28.7 Å². The van der Waals surface area contributed by atoms with E-state index in [-0.39, 0.29) is 0 Å². The molecule has 0 saturated heterocycles. The van der Waals surface area contributed by atoms with Crippen molar-refractivity contribution in [3.05, 3.63) is 89.9 Å². The van der Waals surface area contributed by atoms with Gasteiger partial charge >= 0.3 is 0 Å². The molecule has 2 nitrogen and oxygen atoms in total. The van der Waals surface area contributed by atoms with Crippen molar-refractivity contribution in [3.8, 4) is 11.3 Å². The van der Waals surface area contributed by atoms with Crippen molar-refractivity contribution >= 4 is 10.8 Å². The smallest absolute Gasteiger partial charge is 0.111 e. The second-order valence-corrected chi connectivity index (χ2v) is 5.88. The zero-order valence-electron chi connectivity index (χ0n) is 13.1. The number of hydrogen-bond acceptors (Lipinski definition) is 1. The first-order valence-electron chi connectivity index (χ1n) is 7.88. The van der Waals surface area contributed by atoms with Crippen molar-refractivity contribution in [3.63, 3.8) is 0 Å². The van der Waals surface area contributed by atoms with Gasteiger partial charge in [-0.2, -0.15) is 0 Å². The van der Waals surface area contributed by atoms with Gasteiger partial charge in [-0.05, 0) is 29.3 Å². The molecule has 0 aliphatic heterocycles.